The lowest BCUT2D eigenvalue weighted by molar-refractivity contribution is 0.166. The zero-order valence-corrected chi connectivity index (χ0v) is 12.6. The van der Waals surface area contributed by atoms with Crippen LogP contribution >= 0.6 is 0 Å². The van der Waals surface area contributed by atoms with E-state index in [1.807, 2.05) is 6.20 Å². The van der Waals surface area contributed by atoms with Crippen molar-refractivity contribution in [2.75, 3.05) is 7.05 Å². The minimum absolute atomic E-state index is 0.718. The Labute approximate surface area is 126 Å². The monoisotopic (exact) mass is 281 g/mol. The third-order valence-electron chi connectivity index (χ3n) is 5.23. The van der Waals surface area contributed by atoms with Crippen molar-refractivity contribution in [3.63, 3.8) is 0 Å². The number of nitrogens with one attached hydrogen (secondary N) is 1. The van der Waals surface area contributed by atoms with Crippen LogP contribution in [0.1, 0.15) is 31.2 Å². The summed E-state index contributed by atoms with van der Waals surface area (Å²) in [5, 5.41) is 5.03. The van der Waals surface area contributed by atoms with E-state index in [0.717, 1.165) is 30.2 Å². The van der Waals surface area contributed by atoms with Gasteiger partial charge in [0.05, 0.1) is 5.52 Å². The molecular formula is C18H23N3. The van der Waals surface area contributed by atoms with Gasteiger partial charge < -0.3 is 5.32 Å². The molecule has 2 aliphatic heterocycles. The molecule has 2 fully saturated rings. The van der Waals surface area contributed by atoms with Gasteiger partial charge in [-0.2, -0.15) is 0 Å². The first-order valence-electron chi connectivity index (χ1n) is 8.08. The molecular weight excluding hydrogens is 258 g/mol. The van der Waals surface area contributed by atoms with Crippen LogP contribution in [0.4, 0.5) is 0 Å². The average Bonchev–Trinajstić information content (AvgIpc) is 2.86. The lowest BCUT2D eigenvalue weighted by Gasteiger charge is -2.35. The fourth-order valence-electron chi connectivity index (χ4n) is 4.08. The Morgan fingerprint density at radius 1 is 1.14 bits per heavy atom. The number of aromatic nitrogens is 1. The SMILES string of the molecule is CN(Cc1ccnc2ccccc12)C1CC2CCC(C1)N2. The van der Waals surface area contributed by atoms with Crippen LogP contribution in [0.2, 0.25) is 0 Å². The van der Waals surface area contributed by atoms with Crippen molar-refractivity contribution < 1.29 is 0 Å². The Hall–Kier alpha value is -1.45. The molecule has 2 atom stereocenters. The second-order valence-electron chi connectivity index (χ2n) is 6.67. The second kappa shape index (κ2) is 5.39. The number of benzene rings is 1. The maximum atomic E-state index is 4.47. The van der Waals surface area contributed by atoms with E-state index in [0.29, 0.717) is 0 Å². The maximum Gasteiger partial charge on any atom is 0.0705 e. The van der Waals surface area contributed by atoms with Gasteiger partial charge in [0.25, 0.3) is 0 Å². The van der Waals surface area contributed by atoms with Crippen LogP contribution in [-0.2, 0) is 6.54 Å². The third-order valence-corrected chi connectivity index (χ3v) is 5.23. The molecule has 3 nitrogen and oxygen atoms in total. The van der Waals surface area contributed by atoms with Gasteiger partial charge in [0.2, 0.25) is 0 Å². The van der Waals surface area contributed by atoms with E-state index >= 15 is 0 Å². The summed E-state index contributed by atoms with van der Waals surface area (Å²) in [5.74, 6) is 0. The van der Waals surface area contributed by atoms with E-state index in [9.17, 15) is 0 Å². The van der Waals surface area contributed by atoms with Gasteiger partial charge in [0.1, 0.15) is 0 Å². The molecule has 0 aliphatic carbocycles. The fraction of sp³-hybridized carbons (Fsp3) is 0.500. The number of pyridine rings is 1. The van der Waals surface area contributed by atoms with E-state index < -0.39 is 0 Å². The first-order chi connectivity index (χ1) is 10.3. The zero-order valence-electron chi connectivity index (χ0n) is 12.6. The van der Waals surface area contributed by atoms with E-state index in [-0.39, 0.29) is 0 Å². The first-order valence-corrected chi connectivity index (χ1v) is 8.08. The molecule has 21 heavy (non-hydrogen) atoms. The summed E-state index contributed by atoms with van der Waals surface area (Å²) in [5.41, 5.74) is 2.50. The molecule has 0 saturated carbocycles. The Kier molecular flexibility index (Phi) is 3.40. The van der Waals surface area contributed by atoms with Gasteiger partial charge >= 0.3 is 0 Å². The molecule has 0 amide bonds. The molecule has 110 valence electrons. The fourth-order valence-corrected chi connectivity index (χ4v) is 4.08. The Balaban J connectivity index is 1.54. The highest BCUT2D eigenvalue weighted by Crippen LogP contribution is 2.30. The summed E-state index contributed by atoms with van der Waals surface area (Å²) >= 11 is 0. The molecule has 2 aliphatic rings. The highest BCUT2D eigenvalue weighted by molar-refractivity contribution is 5.81. The molecule has 2 saturated heterocycles. The van der Waals surface area contributed by atoms with E-state index in [1.54, 1.807) is 0 Å². The number of nitrogens with zero attached hydrogens (tertiary/aromatic N) is 2. The molecule has 0 radical (unpaired) electrons. The average molecular weight is 281 g/mol. The Bertz CT molecular complexity index is 622. The number of piperidine rings is 1. The quantitative estimate of drug-likeness (QED) is 0.937. The normalized spacial score (nSPS) is 28.4. The third kappa shape index (κ3) is 2.56. The predicted octanol–water partition coefficient (Wildman–Crippen LogP) is 2.95. The molecule has 1 N–H and O–H groups in total. The van der Waals surface area contributed by atoms with Crippen LogP contribution in [0.3, 0.4) is 0 Å². The summed E-state index contributed by atoms with van der Waals surface area (Å²) in [6.45, 7) is 1.02. The van der Waals surface area contributed by atoms with Crippen LogP contribution in [0.25, 0.3) is 10.9 Å². The second-order valence-corrected chi connectivity index (χ2v) is 6.67. The van der Waals surface area contributed by atoms with Gasteiger partial charge in [-0.15, -0.1) is 0 Å². The molecule has 4 rings (SSSR count). The van der Waals surface area contributed by atoms with Crippen LogP contribution in [0, 0.1) is 0 Å². The highest BCUT2D eigenvalue weighted by atomic mass is 15.2. The number of para-hydroxylation sites is 1. The molecule has 2 bridgehead atoms. The first kappa shape index (κ1) is 13.2. The van der Waals surface area contributed by atoms with E-state index in [4.69, 9.17) is 0 Å². The van der Waals surface area contributed by atoms with Gasteiger partial charge in [0.15, 0.2) is 0 Å². The summed E-state index contributed by atoms with van der Waals surface area (Å²) in [6, 6.07) is 12.9. The van der Waals surface area contributed by atoms with Crippen molar-refractivity contribution >= 4 is 10.9 Å². The van der Waals surface area contributed by atoms with Crippen LogP contribution in [0.15, 0.2) is 36.5 Å². The van der Waals surface area contributed by atoms with Crippen molar-refractivity contribution in [2.45, 2.75) is 50.4 Å². The van der Waals surface area contributed by atoms with Gasteiger partial charge in [-0.3, -0.25) is 9.88 Å². The summed E-state index contributed by atoms with van der Waals surface area (Å²) in [6.07, 6.45) is 7.28. The van der Waals surface area contributed by atoms with Gasteiger partial charge in [-0.25, -0.2) is 0 Å². The van der Waals surface area contributed by atoms with Crippen molar-refractivity contribution in [3.05, 3.63) is 42.1 Å². The molecule has 3 heteroatoms. The van der Waals surface area contributed by atoms with Crippen LogP contribution < -0.4 is 5.32 Å². The molecule has 1 aromatic carbocycles. The lowest BCUT2D eigenvalue weighted by atomic mass is 9.98. The van der Waals surface area contributed by atoms with E-state index in [1.165, 1.54) is 36.6 Å². The van der Waals surface area contributed by atoms with Crippen molar-refractivity contribution in [1.29, 1.82) is 0 Å². The Morgan fingerprint density at radius 3 is 2.71 bits per heavy atom. The Morgan fingerprint density at radius 2 is 1.90 bits per heavy atom. The number of hydrogen-bond acceptors (Lipinski definition) is 3. The van der Waals surface area contributed by atoms with Gasteiger partial charge in [-0.05, 0) is 50.4 Å². The lowest BCUT2D eigenvalue weighted by Crippen LogP contribution is -2.46. The number of fused-ring (bicyclic) bond motifs is 3. The van der Waals surface area contributed by atoms with Gasteiger partial charge in [-0.1, -0.05) is 18.2 Å². The maximum absolute atomic E-state index is 4.47. The molecule has 2 unspecified atom stereocenters. The smallest absolute Gasteiger partial charge is 0.0705 e. The van der Waals surface area contributed by atoms with Crippen molar-refractivity contribution in [1.82, 2.24) is 15.2 Å². The van der Waals surface area contributed by atoms with Crippen molar-refractivity contribution in [2.24, 2.45) is 0 Å². The summed E-state index contributed by atoms with van der Waals surface area (Å²) in [4.78, 5) is 7.02. The summed E-state index contributed by atoms with van der Waals surface area (Å²) < 4.78 is 0. The van der Waals surface area contributed by atoms with Crippen molar-refractivity contribution in [3.8, 4) is 0 Å². The minimum Gasteiger partial charge on any atom is -0.311 e. The number of rotatable bonds is 3. The van der Waals surface area contributed by atoms with E-state index in [2.05, 4.69) is 52.6 Å². The highest BCUT2D eigenvalue weighted by Gasteiger charge is 2.34. The summed E-state index contributed by atoms with van der Waals surface area (Å²) in [7, 11) is 2.28. The molecule has 2 aromatic rings. The standard InChI is InChI=1S/C18H23N3/c1-21(16-10-14-6-7-15(11-16)20-14)12-13-8-9-19-18-5-3-2-4-17(13)18/h2-5,8-9,14-16,20H,6-7,10-12H2,1H3. The van der Waals surface area contributed by atoms with Crippen LogP contribution in [0.5, 0.6) is 0 Å². The zero-order chi connectivity index (χ0) is 14.2. The minimum atomic E-state index is 0.718. The number of hydrogen-bond donors (Lipinski definition) is 1. The largest absolute Gasteiger partial charge is 0.311 e. The topological polar surface area (TPSA) is 28.2 Å². The van der Waals surface area contributed by atoms with Gasteiger partial charge in [0, 0.05) is 36.3 Å². The molecule has 3 heterocycles. The predicted molar refractivity (Wildman–Crippen MR) is 86.2 cm³/mol. The molecule has 1 aromatic heterocycles. The van der Waals surface area contributed by atoms with Crippen LogP contribution in [-0.4, -0.2) is 35.1 Å². The molecule has 0 spiro atoms.